The van der Waals surface area contributed by atoms with Gasteiger partial charge in [0.05, 0.1) is 23.2 Å². The number of nitrogens with zero attached hydrogens (tertiary/aromatic N) is 2. The van der Waals surface area contributed by atoms with Gasteiger partial charge < -0.3 is 9.64 Å². The Labute approximate surface area is 166 Å². The van der Waals surface area contributed by atoms with Gasteiger partial charge in [-0.15, -0.1) is 0 Å². The molecule has 0 radical (unpaired) electrons. The van der Waals surface area contributed by atoms with Crippen molar-refractivity contribution in [2.75, 3.05) is 25.4 Å². The molecule has 6 nitrogen and oxygen atoms in total. The van der Waals surface area contributed by atoms with Crippen molar-refractivity contribution < 1.29 is 17.9 Å². The molecule has 0 bridgehead atoms. The maximum absolute atomic E-state index is 12.8. The topological polar surface area (TPSA) is 76.6 Å². The van der Waals surface area contributed by atoms with Gasteiger partial charge in [0.2, 0.25) is 5.88 Å². The summed E-state index contributed by atoms with van der Waals surface area (Å²) in [6.45, 7) is 5.24. The molecule has 3 rings (SSSR count). The van der Waals surface area contributed by atoms with E-state index in [4.69, 9.17) is 4.74 Å². The first-order chi connectivity index (χ1) is 13.4. The van der Waals surface area contributed by atoms with Crippen LogP contribution in [0.4, 0.5) is 0 Å². The second-order valence-corrected chi connectivity index (χ2v) is 9.74. The van der Waals surface area contributed by atoms with Crippen molar-refractivity contribution in [1.82, 2.24) is 9.88 Å². The summed E-state index contributed by atoms with van der Waals surface area (Å²) in [4.78, 5) is 18.6. The molecule has 1 atom stereocenters. The second-order valence-electron chi connectivity index (χ2n) is 7.44. The lowest BCUT2D eigenvalue weighted by molar-refractivity contribution is 0.0766. The maximum atomic E-state index is 12.8. The molecule has 7 heteroatoms. The van der Waals surface area contributed by atoms with E-state index < -0.39 is 15.1 Å². The largest absolute Gasteiger partial charge is 0.477 e. The molecule has 1 aromatic heterocycles. The molecule has 1 aromatic carbocycles. The number of aromatic nitrogens is 1. The van der Waals surface area contributed by atoms with Crippen LogP contribution >= 0.6 is 0 Å². The molecule has 1 saturated heterocycles. The SMILES string of the molecule is CC(C)COc1ccc(C(=O)N2CCC(c3ccccc3)S(=O)(=O)CC2)cn1. The summed E-state index contributed by atoms with van der Waals surface area (Å²) in [5.74, 6) is 0.626. The Morgan fingerprint density at radius 1 is 1.18 bits per heavy atom. The highest BCUT2D eigenvalue weighted by molar-refractivity contribution is 7.91. The standard InChI is InChI=1S/C21H26N2O4S/c1-16(2)15-27-20-9-8-18(14-22-20)21(24)23-11-10-19(28(25,26)13-12-23)17-6-4-3-5-7-17/h3-9,14,16,19H,10-13,15H2,1-2H3. The molecular weight excluding hydrogens is 376 g/mol. The molecule has 1 aliphatic heterocycles. The van der Waals surface area contributed by atoms with E-state index in [0.717, 1.165) is 5.56 Å². The minimum absolute atomic E-state index is 0.0404. The average Bonchev–Trinajstić information content (AvgIpc) is 2.85. The fourth-order valence-electron chi connectivity index (χ4n) is 3.22. The summed E-state index contributed by atoms with van der Waals surface area (Å²) in [6.07, 6.45) is 1.88. The Kier molecular flexibility index (Phi) is 6.34. The van der Waals surface area contributed by atoms with Crippen LogP contribution < -0.4 is 4.74 Å². The third-order valence-electron chi connectivity index (χ3n) is 4.75. The van der Waals surface area contributed by atoms with Gasteiger partial charge >= 0.3 is 0 Å². The number of rotatable bonds is 5. The highest BCUT2D eigenvalue weighted by Crippen LogP contribution is 2.29. The Hall–Kier alpha value is -2.41. The molecule has 1 aliphatic rings. The molecular formula is C21H26N2O4S. The number of ether oxygens (including phenoxy) is 1. The van der Waals surface area contributed by atoms with E-state index in [2.05, 4.69) is 4.98 Å². The van der Waals surface area contributed by atoms with Crippen LogP contribution in [0.1, 0.15) is 41.4 Å². The predicted molar refractivity (Wildman–Crippen MR) is 108 cm³/mol. The van der Waals surface area contributed by atoms with Gasteiger partial charge in [0.15, 0.2) is 9.84 Å². The van der Waals surface area contributed by atoms with Crippen molar-refractivity contribution in [2.45, 2.75) is 25.5 Å². The Balaban J connectivity index is 1.70. The first-order valence-corrected chi connectivity index (χ1v) is 11.2. The molecule has 1 fully saturated rings. The van der Waals surface area contributed by atoms with E-state index in [-0.39, 0.29) is 18.2 Å². The summed E-state index contributed by atoms with van der Waals surface area (Å²) in [7, 11) is -3.31. The molecule has 0 N–H and O–H groups in total. The van der Waals surface area contributed by atoms with E-state index >= 15 is 0 Å². The van der Waals surface area contributed by atoms with Crippen molar-refractivity contribution in [3.8, 4) is 5.88 Å². The third kappa shape index (κ3) is 4.90. The fraction of sp³-hybridized carbons (Fsp3) is 0.429. The van der Waals surface area contributed by atoms with Gasteiger partial charge in [-0.1, -0.05) is 44.2 Å². The van der Waals surface area contributed by atoms with Crippen LogP contribution in [0, 0.1) is 5.92 Å². The van der Waals surface area contributed by atoms with Crippen molar-refractivity contribution in [3.63, 3.8) is 0 Å². The Bertz CT molecular complexity index is 896. The molecule has 150 valence electrons. The molecule has 0 saturated carbocycles. The number of hydrogen-bond acceptors (Lipinski definition) is 5. The first-order valence-electron chi connectivity index (χ1n) is 9.51. The van der Waals surface area contributed by atoms with Crippen molar-refractivity contribution >= 4 is 15.7 Å². The van der Waals surface area contributed by atoms with Gasteiger partial charge in [-0.3, -0.25) is 4.79 Å². The van der Waals surface area contributed by atoms with Gasteiger partial charge in [-0.25, -0.2) is 13.4 Å². The Morgan fingerprint density at radius 2 is 1.93 bits per heavy atom. The van der Waals surface area contributed by atoms with Crippen molar-refractivity contribution in [1.29, 1.82) is 0 Å². The number of sulfone groups is 1. The van der Waals surface area contributed by atoms with Gasteiger partial charge in [0.1, 0.15) is 0 Å². The highest BCUT2D eigenvalue weighted by atomic mass is 32.2. The average molecular weight is 403 g/mol. The highest BCUT2D eigenvalue weighted by Gasteiger charge is 2.32. The van der Waals surface area contributed by atoms with Crippen LogP contribution in [0.15, 0.2) is 48.7 Å². The first kappa shape index (κ1) is 20.3. The van der Waals surface area contributed by atoms with Gasteiger partial charge in [0, 0.05) is 25.4 Å². The number of carbonyl (C=O) groups excluding carboxylic acids is 1. The van der Waals surface area contributed by atoms with Crippen LogP contribution in [0.2, 0.25) is 0 Å². The van der Waals surface area contributed by atoms with Gasteiger partial charge in [-0.2, -0.15) is 0 Å². The molecule has 1 unspecified atom stereocenters. The lowest BCUT2D eigenvalue weighted by Gasteiger charge is -2.20. The maximum Gasteiger partial charge on any atom is 0.255 e. The number of benzene rings is 1. The summed E-state index contributed by atoms with van der Waals surface area (Å²) >= 11 is 0. The molecule has 2 aromatic rings. The lowest BCUT2D eigenvalue weighted by Crippen LogP contribution is -2.33. The zero-order valence-electron chi connectivity index (χ0n) is 16.2. The number of carbonyl (C=O) groups is 1. The summed E-state index contributed by atoms with van der Waals surface area (Å²) in [6, 6.07) is 12.6. The summed E-state index contributed by atoms with van der Waals surface area (Å²) in [5, 5.41) is -0.573. The molecule has 0 spiro atoms. The second kappa shape index (κ2) is 8.73. The summed E-state index contributed by atoms with van der Waals surface area (Å²) < 4.78 is 31.0. The molecule has 2 heterocycles. The van der Waals surface area contributed by atoms with Gasteiger partial charge in [-0.05, 0) is 24.0 Å². The van der Waals surface area contributed by atoms with Crippen LogP contribution in [0.5, 0.6) is 5.88 Å². The van der Waals surface area contributed by atoms with E-state index in [0.29, 0.717) is 36.9 Å². The van der Waals surface area contributed by atoms with Crippen LogP contribution in [0.25, 0.3) is 0 Å². The normalized spacial score (nSPS) is 19.2. The van der Waals surface area contributed by atoms with E-state index in [1.807, 2.05) is 44.2 Å². The molecule has 1 amide bonds. The van der Waals surface area contributed by atoms with Crippen LogP contribution in [-0.4, -0.2) is 49.7 Å². The minimum atomic E-state index is -3.31. The number of hydrogen-bond donors (Lipinski definition) is 0. The van der Waals surface area contributed by atoms with Crippen molar-refractivity contribution in [3.05, 3.63) is 59.8 Å². The van der Waals surface area contributed by atoms with E-state index in [1.165, 1.54) is 6.20 Å². The number of amides is 1. The predicted octanol–water partition coefficient (Wildman–Crippen LogP) is 3.12. The van der Waals surface area contributed by atoms with Crippen LogP contribution in [-0.2, 0) is 9.84 Å². The van der Waals surface area contributed by atoms with E-state index in [1.54, 1.807) is 17.0 Å². The lowest BCUT2D eigenvalue weighted by atomic mass is 10.1. The zero-order chi connectivity index (χ0) is 20.1. The quantitative estimate of drug-likeness (QED) is 0.768. The zero-order valence-corrected chi connectivity index (χ0v) is 17.1. The third-order valence-corrected chi connectivity index (χ3v) is 6.87. The van der Waals surface area contributed by atoms with Crippen LogP contribution in [0.3, 0.4) is 0 Å². The number of pyridine rings is 1. The fourth-order valence-corrected chi connectivity index (χ4v) is 5.01. The molecule has 28 heavy (non-hydrogen) atoms. The van der Waals surface area contributed by atoms with Crippen molar-refractivity contribution in [2.24, 2.45) is 5.92 Å². The Morgan fingerprint density at radius 3 is 2.57 bits per heavy atom. The van der Waals surface area contributed by atoms with E-state index in [9.17, 15) is 13.2 Å². The van der Waals surface area contributed by atoms with Gasteiger partial charge in [0.25, 0.3) is 5.91 Å². The molecule has 0 aliphatic carbocycles. The monoisotopic (exact) mass is 402 g/mol. The smallest absolute Gasteiger partial charge is 0.255 e. The minimum Gasteiger partial charge on any atom is -0.477 e. The summed E-state index contributed by atoms with van der Waals surface area (Å²) in [5.41, 5.74) is 1.22.